The van der Waals surface area contributed by atoms with Gasteiger partial charge in [-0.15, -0.1) is 0 Å². The van der Waals surface area contributed by atoms with Crippen LogP contribution in [0.3, 0.4) is 0 Å². The first-order chi connectivity index (χ1) is 15.6. The molecular formula is C22H23N5O4S2. The average Bonchev–Trinajstić information content (AvgIpc) is 3.36. The molecule has 0 atom stereocenters. The van der Waals surface area contributed by atoms with E-state index in [2.05, 4.69) is 14.7 Å². The number of amides is 1. The summed E-state index contributed by atoms with van der Waals surface area (Å²) in [6, 6.07) is 11.3. The zero-order valence-electron chi connectivity index (χ0n) is 18.8. The van der Waals surface area contributed by atoms with Crippen molar-refractivity contribution in [1.82, 2.24) is 13.9 Å². The molecule has 0 radical (unpaired) electrons. The van der Waals surface area contributed by atoms with Crippen LogP contribution in [0.5, 0.6) is 5.75 Å². The van der Waals surface area contributed by atoms with Gasteiger partial charge in [-0.1, -0.05) is 6.07 Å². The van der Waals surface area contributed by atoms with Crippen molar-refractivity contribution in [3.8, 4) is 17.5 Å². The maximum atomic E-state index is 12.7. The fraction of sp³-hybridized carbons (Fsp3) is 0.273. The first-order valence-corrected chi connectivity index (χ1v) is 12.2. The fourth-order valence-corrected chi connectivity index (χ4v) is 4.83. The lowest BCUT2D eigenvalue weighted by Crippen LogP contribution is -2.16. The number of benzene rings is 1. The molecule has 11 heteroatoms. The van der Waals surface area contributed by atoms with Gasteiger partial charge in [-0.3, -0.25) is 10.1 Å². The van der Waals surface area contributed by atoms with Crippen LogP contribution in [-0.2, 0) is 14.6 Å². The third-order valence-corrected chi connectivity index (χ3v) is 7.63. The monoisotopic (exact) mass is 485 g/mol. The van der Waals surface area contributed by atoms with Crippen molar-refractivity contribution in [2.45, 2.75) is 38.1 Å². The first-order valence-electron chi connectivity index (χ1n) is 9.92. The summed E-state index contributed by atoms with van der Waals surface area (Å²) in [7, 11) is -2.06. The van der Waals surface area contributed by atoms with E-state index in [-0.39, 0.29) is 15.9 Å². The average molecular weight is 486 g/mol. The van der Waals surface area contributed by atoms with Crippen molar-refractivity contribution in [3.63, 3.8) is 0 Å². The van der Waals surface area contributed by atoms with E-state index in [1.165, 1.54) is 19.9 Å². The number of nitrogens with one attached hydrogen (secondary N) is 1. The summed E-state index contributed by atoms with van der Waals surface area (Å²) in [6.45, 7) is 6.85. The second kappa shape index (κ2) is 9.56. The standard InChI is InChI=1S/C22H23N5O4S2/c1-13(2)33(29,30)22-25-21(32-26-22)24-20(28)17(12-23)10-16-9-14(3)27(15(16)4)18-7-6-8-19(11-18)31-5/h6-11,13H,1-5H3,(H,24,25,26,28)/b17-10-. The number of anilines is 1. The molecule has 0 saturated carbocycles. The van der Waals surface area contributed by atoms with Crippen LogP contribution in [0.15, 0.2) is 41.1 Å². The van der Waals surface area contributed by atoms with Crippen LogP contribution in [0.1, 0.15) is 30.8 Å². The SMILES string of the molecule is COc1cccc(-n2c(C)cc(/C=C(/C#N)C(=O)Nc3nc(S(=O)(=O)C(C)C)ns3)c2C)c1. The van der Waals surface area contributed by atoms with Gasteiger partial charge in [0, 0.05) is 34.7 Å². The Bertz CT molecular complexity index is 1380. The number of nitrogens with zero attached hydrogens (tertiary/aromatic N) is 4. The maximum Gasteiger partial charge on any atom is 0.268 e. The molecule has 0 aliphatic carbocycles. The molecule has 0 fully saturated rings. The van der Waals surface area contributed by atoms with E-state index >= 15 is 0 Å². The summed E-state index contributed by atoms with van der Waals surface area (Å²) in [6.07, 6.45) is 1.49. The molecule has 9 nitrogen and oxygen atoms in total. The van der Waals surface area contributed by atoms with Crippen LogP contribution in [0.25, 0.3) is 11.8 Å². The van der Waals surface area contributed by atoms with Crippen molar-refractivity contribution < 1.29 is 17.9 Å². The Labute approximate surface area is 196 Å². The van der Waals surface area contributed by atoms with E-state index in [9.17, 15) is 18.5 Å². The molecule has 1 aromatic carbocycles. The number of rotatable bonds is 7. The molecule has 3 rings (SSSR count). The molecule has 172 valence electrons. The molecule has 0 aliphatic rings. The summed E-state index contributed by atoms with van der Waals surface area (Å²) in [5, 5.41) is 11.0. The number of aromatic nitrogens is 3. The second-order valence-corrected chi connectivity index (χ2v) is 10.6. The zero-order chi connectivity index (χ0) is 24.3. The van der Waals surface area contributed by atoms with Gasteiger partial charge < -0.3 is 9.30 Å². The summed E-state index contributed by atoms with van der Waals surface area (Å²) in [5.74, 6) is 0.0124. The smallest absolute Gasteiger partial charge is 0.268 e. The summed E-state index contributed by atoms with van der Waals surface area (Å²) in [4.78, 5) is 16.6. The first kappa shape index (κ1) is 24.2. The predicted molar refractivity (Wildman–Crippen MR) is 126 cm³/mol. The van der Waals surface area contributed by atoms with Crippen LogP contribution in [0, 0.1) is 25.2 Å². The second-order valence-electron chi connectivity index (χ2n) is 7.46. The number of hydrogen-bond donors (Lipinski definition) is 1. The lowest BCUT2D eigenvalue weighted by Gasteiger charge is -2.11. The normalized spacial score (nSPS) is 12.0. The Morgan fingerprint density at radius 1 is 1.30 bits per heavy atom. The van der Waals surface area contributed by atoms with Crippen LogP contribution in [0.4, 0.5) is 5.13 Å². The number of methoxy groups -OCH3 is 1. The molecule has 0 saturated heterocycles. The van der Waals surface area contributed by atoms with E-state index in [0.29, 0.717) is 11.3 Å². The number of hydrogen-bond acceptors (Lipinski definition) is 8. The molecule has 0 bridgehead atoms. The third kappa shape index (κ3) is 4.97. The highest BCUT2D eigenvalue weighted by Crippen LogP contribution is 2.25. The van der Waals surface area contributed by atoms with Crippen molar-refractivity contribution in [1.29, 1.82) is 5.26 Å². The lowest BCUT2D eigenvalue weighted by molar-refractivity contribution is -0.112. The Morgan fingerprint density at radius 2 is 2.03 bits per heavy atom. The number of nitriles is 1. The van der Waals surface area contributed by atoms with Gasteiger partial charge in [0.05, 0.1) is 12.4 Å². The van der Waals surface area contributed by atoms with Crippen molar-refractivity contribution in [2.24, 2.45) is 0 Å². The molecule has 0 spiro atoms. The van der Waals surface area contributed by atoms with E-state index in [1.54, 1.807) is 7.11 Å². The molecule has 33 heavy (non-hydrogen) atoms. The number of carbonyl (C=O) groups excluding carboxylic acids is 1. The van der Waals surface area contributed by atoms with Crippen LogP contribution < -0.4 is 10.1 Å². The molecule has 1 N–H and O–H groups in total. The maximum absolute atomic E-state index is 12.7. The van der Waals surface area contributed by atoms with E-state index in [1.807, 2.05) is 54.8 Å². The minimum atomic E-state index is -3.66. The van der Waals surface area contributed by atoms with Gasteiger partial charge in [0.1, 0.15) is 17.4 Å². The predicted octanol–water partition coefficient (Wildman–Crippen LogP) is 3.68. The molecular weight excluding hydrogens is 462 g/mol. The van der Waals surface area contributed by atoms with Crippen molar-refractivity contribution in [2.75, 3.05) is 12.4 Å². The fourth-order valence-electron chi connectivity index (χ4n) is 3.14. The number of carbonyl (C=O) groups is 1. The molecule has 2 heterocycles. The van der Waals surface area contributed by atoms with Gasteiger partial charge >= 0.3 is 0 Å². The highest BCUT2D eigenvalue weighted by Gasteiger charge is 2.25. The van der Waals surface area contributed by atoms with Crippen LogP contribution >= 0.6 is 11.5 Å². The van der Waals surface area contributed by atoms with E-state index in [0.717, 1.165) is 28.6 Å². The third-order valence-electron chi connectivity index (χ3n) is 4.95. The Kier molecular flexibility index (Phi) is 7.00. The van der Waals surface area contributed by atoms with Crippen LogP contribution in [0.2, 0.25) is 0 Å². The van der Waals surface area contributed by atoms with Gasteiger partial charge in [-0.25, -0.2) is 8.42 Å². The summed E-state index contributed by atoms with van der Waals surface area (Å²) >= 11 is 0.742. The number of sulfone groups is 1. The largest absolute Gasteiger partial charge is 0.497 e. The Balaban J connectivity index is 1.89. The van der Waals surface area contributed by atoms with Gasteiger partial charge in [0.25, 0.3) is 11.1 Å². The van der Waals surface area contributed by atoms with Gasteiger partial charge in [0.15, 0.2) is 0 Å². The van der Waals surface area contributed by atoms with Crippen molar-refractivity contribution >= 4 is 38.5 Å². The highest BCUT2D eigenvalue weighted by atomic mass is 32.2. The van der Waals surface area contributed by atoms with Gasteiger partial charge in [-0.05, 0) is 57.5 Å². The molecule has 2 aromatic heterocycles. The zero-order valence-corrected chi connectivity index (χ0v) is 20.4. The van der Waals surface area contributed by atoms with E-state index in [4.69, 9.17) is 4.74 Å². The lowest BCUT2D eigenvalue weighted by atomic mass is 10.1. The highest BCUT2D eigenvalue weighted by molar-refractivity contribution is 7.91. The molecule has 1 amide bonds. The Hall–Kier alpha value is -3.49. The van der Waals surface area contributed by atoms with Gasteiger partial charge in [0.2, 0.25) is 15.0 Å². The quantitative estimate of drug-likeness (QED) is 0.399. The summed E-state index contributed by atoms with van der Waals surface area (Å²) < 4.78 is 35.5. The number of ether oxygens (including phenoxy) is 1. The topological polar surface area (TPSA) is 127 Å². The molecule has 0 unspecified atom stereocenters. The molecule has 0 aliphatic heterocycles. The number of aryl methyl sites for hydroxylation is 1. The van der Waals surface area contributed by atoms with E-state index < -0.39 is 21.0 Å². The van der Waals surface area contributed by atoms with Gasteiger partial charge in [-0.2, -0.15) is 14.6 Å². The summed E-state index contributed by atoms with van der Waals surface area (Å²) in [5.41, 5.74) is 3.19. The minimum absolute atomic E-state index is 0.00206. The molecule has 3 aromatic rings. The Morgan fingerprint density at radius 3 is 2.67 bits per heavy atom. The minimum Gasteiger partial charge on any atom is -0.497 e. The van der Waals surface area contributed by atoms with Crippen molar-refractivity contribution in [3.05, 3.63) is 52.9 Å². The van der Waals surface area contributed by atoms with Crippen LogP contribution in [-0.4, -0.2) is 40.6 Å².